The highest BCUT2D eigenvalue weighted by molar-refractivity contribution is 7.88. The summed E-state index contributed by atoms with van der Waals surface area (Å²) in [6.07, 6.45) is -0.824. The highest BCUT2D eigenvalue weighted by Gasteiger charge is 2.39. The minimum absolute atomic E-state index is 0.0245. The van der Waals surface area contributed by atoms with E-state index in [4.69, 9.17) is 26.2 Å². The van der Waals surface area contributed by atoms with E-state index in [2.05, 4.69) is 25.3 Å². The Bertz CT molecular complexity index is 1410. The number of halogens is 4. The number of carboxylic acid groups (broad SMARTS) is 1. The van der Waals surface area contributed by atoms with E-state index in [1.165, 1.54) is 16.9 Å². The van der Waals surface area contributed by atoms with Gasteiger partial charge in [0.25, 0.3) is 0 Å². The largest absolute Gasteiger partial charge is 0.496 e. The molecule has 0 amide bonds. The number of benzene rings is 1. The van der Waals surface area contributed by atoms with Crippen LogP contribution in [0.3, 0.4) is 0 Å². The van der Waals surface area contributed by atoms with Gasteiger partial charge in [-0.05, 0) is 25.5 Å². The normalized spacial score (nSPS) is 15.5. The van der Waals surface area contributed by atoms with Gasteiger partial charge in [0.1, 0.15) is 17.6 Å². The second-order valence-corrected chi connectivity index (χ2v) is 10.7. The fourth-order valence-electron chi connectivity index (χ4n) is 3.85. The van der Waals surface area contributed by atoms with Crippen molar-refractivity contribution < 1.29 is 36.2 Å². The van der Waals surface area contributed by atoms with Crippen LogP contribution in [0, 0.1) is 6.92 Å². The summed E-state index contributed by atoms with van der Waals surface area (Å²) in [6.45, 7) is 4.75. The number of nitrogens with one attached hydrogen (secondary N) is 2. The summed E-state index contributed by atoms with van der Waals surface area (Å²) >= 11 is 6.57. The molecule has 0 aliphatic carbocycles. The predicted octanol–water partition coefficient (Wildman–Crippen LogP) is 3.49. The number of rotatable bonds is 6. The standard InChI is InChI=1S/C19H23ClN6O3S.C2HF3O2/c1-10-14(20)5-13(11(2)25-19-16-18(22-8-21-16)23-9-24-19)17(29-3)15(10)12-6-26(7-12)30(4,27)28;3-2(4,5)1(6)7/h5,8-9,11-12H,6-7H2,1-4H3,(H2,21,22,23,24,25);(H,6,7). The molecule has 3 heterocycles. The van der Waals surface area contributed by atoms with Gasteiger partial charge in [-0.25, -0.2) is 32.5 Å². The van der Waals surface area contributed by atoms with Crippen molar-refractivity contribution >= 4 is 44.6 Å². The van der Waals surface area contributed by atoms with E-state index in [0.29, 0.717) is 40.8 Å². The Kier molecular flexibility index (Phi) is 8.19. The Labute approximate surface area is 215 Å². The van der Waals surface area contributed by atoms with Gasteiger partial charge >= 0.3 is 12.1 Å². The third kappa shape index (κ3) is 6.22. The first-order valence-electron chi connectivity index (χ1n) is 10.7. The average molecular weight is 565 g/mol. The number of imidazole rings is 1. The highest BCUT2D eigenvalue weighted by Crippen LogP contribution is 2.44. The Morgan fingerprint density at radius 3 is 2.49 bits per heavy atom. The number of ether oxygens (including phenoxy) is 1. The van der Waals surface area contributed by atoms with Crippen LogP contribution < -0.4 is 10.1 Å². The number of carboxylic acids is 1. The fourth-order valence-corrected chi connectivity index (χ4v) is 4.97. The quantitative estimate of drug-likeness (QED) is 0.409. The van der Waals surface area contributed by atoms with Crippen molar-refractivity contribution in [2.24, 2.45) is 0 Å². The molecule has 1 atom stereocenters. The molecule has 1 aliphatic rings. The summed E-state index contributed by atoms with van der Waals surface area (Å²) in [5.41, 5.74) is 4.00. The van der Waals surface area contributed by atoms with Crippen molar-refractivity contribution in [1.29, 1.82) is 0 Å². The number of aromatic amines is 1. The van der Waals surface area contributed by atoms with Crippen molar-refractivity contribution in [3.05, 3.63) is 40.4 Å². The lowest BCUT2D eigenvalue weighted by atomic mass is 9.86. The molecule has 16 heteroatoms. The lowest BCUT2D eigenvalue weighted by Crippen LogP contribution is -2.48. The molecule has 11 nitrogen and oxygen atoms in total. The molecule has 3 aromatic rings. The molecule has 3 N–H and O–H groups in total. The van der Waals surface area contributed by atoms with Crippen LogP contribution in [0.15, 0.2) is 18.7 Å². The monoisotopic (exact) mass is 564 g/mol. The van der Waals surface area contributed by atoms with Gasteiger partial charge in [-0.1, -0.05) is 11.6 Å². The topological polar surface area (TPSA) is 150 Å². The van der Waals surface area contributed by atoms with Gasteiger partial charge in [-0.15, -0.1) is 0 Å². The molecule has 1 aliphatic heterocycles. The van der Waals surface area contributed by atoms with Crippen LogP contribution in [0.4, 0.5) is 19.0 Å². The van der Waals surface area contributed by atoms with Crippen LogP contribution >= 0.6 is 11.6 Å². The van der Waals surface area contributed by atoms with Crippen molar-refractivity contribution in [3.63, 3.8) is 0 Å². The van der Waals surface area contributed by atoms with Gasteiger partial charge in [0, 0.05) is 35.2 Å². The molecule has 2 aromatic heterocycles. The maximum atomic E-state index is 11.8. The minimum atomic E-state index is -5.08. The van der Waals surface area contributed by atoms with Crippen LogP contribution in [0.1, 0.15) is 35.6 Å². The predicted molar refractivity (Wildman–Crippen MR) is 129 cm³/mol. The maximum Gasteiger partial charge on any atom is 0.490 e. The van der Waals surface area contributed by atoms with Crippen LogP contribution in [-0.2, 0) is 14.8 Å². The molecule has 0 radical (unpaired) electrons. The van der Waals surface area contributed by atoms with Crippen molar-refractivity contribution in [1.82, 2.24) is 24.2 Å². The molecule has 37 heavy (non-hydrogen) atoms. The van der Waals surface area contributed by atoms with E-state index >= 15 is 0 Å². The lowest BCUT2D eigenvalue weighted by Gasteiger charge is -2.39. The number of alkyl halides is 3. The second kappa shape index (κ2) is 10.7. The van der Waals surface area contributed by atoms with E-state index in [0.717, 1.165) is 16.7 Å². The second-order valence-electron chi connectivity index (χ2n) is 8.29. The van der Waals surface area contributed by atoms with Crippen LogP contribution in [0.5, 0.6) is 5.75 Å². The number of hydrogen-bond acceptors (Lipinski definition) is 8. The molecule has 1 unspecified atom stereocenters. The first-order chi connectivity index (χ1) is 17.1. The summed E-state index contributed by atoms with van der Waals surface area (Å²) in [4.78, 5) is 24.6. The number of H-pyrrole nitrogens is 1. The Balaban J connectivity index is 0.000000479. The molecule has 0 spiro atoms. The SMILES string of the molecule is COc1c(C(C)Nc2ncnc3[nH]cnc23)cc(Cl)c(C)c1C1CN(S(C)(=O)=O)C1.O=C(O)C(F)(F)F. The van der Waals surface area contributed by atoms with Crippen molar-refractivity contribution in [3.8, 4) is 5.75 Å². The van der Waals surface area contributed by atoms with E-state index in [-0.39, 0.29) is 12.0 Å². The Morgan fingerprint density at radius 1 is 1.32 bits per heavy atom. The number of aliphatic carboxylic acids is 1. The summed E-state index contributed by atoms with van der Waals surface area (Å²) in [7, 11) is -1.59. The smallest absolute Gasteiger partial charge is 0.490 e. The van der Waals surface area contributed by atoms with Gasteiger partial charge in [0.05, 0.1) is 25.7 Å². The van der Waals surface area contributed by atoms with Crippen LogP contribution in [0.2, 0.25) is 5.02 Å². The molecule has 0 bridgehead atoms. The van der Waals surface area contributed by atoms with E-state index in [9.17, 15) is 21.6 Å². The van der Waals surface area contributed by atoms with Gasteiger partial charge in [0.15, 0.2) is 11.5 Å². The van der Waals surface area contributed by atoms with Crippen molar-refractivity contribution in [2.75, 3.05) is 31.8 Å². The van der Waals surface area contributed by atoms with E-state index in [1.807, 2.05) is 19.9 Å². The first kappa shape index (κ1) is 28.4. The van der Waals surface area contributed by atoms with Gasteiger partial charge in [0.2, 0.25) is 10.0 Å². The number of nitrogens with zero attached hydrogens (tertiary/aromatic N) is 4. The number of methoxy groups -OCH3 is 1. The lowest BCUT2D eigenvalue weighted by molar-refractivity contribution is -0.192. The summed E-state index contributed by atoms with van der Waals surface area (Å²) in [5.74, 6) is -1.42. The zero-order valence-electron chi connectivity index (χ0n) is 20.1. The third-order valence-electron chi connectivity index (χ3n) is 5.76. The van der Waals surface area contributed by atoms with Gasteiger partial charge in [-0.3, -0.25) is 0 Å². The molecule has 0 saturated carbocycles. The maximum absolute atomic E-state index is 11.8. The molecule has 1 aromatic carbocycles. The number of sulfonamides is 1. The van der Waals surface area contributed by atoms with Gasteiger partial charge in [-0.2, -0.15) is 13.2 Å². The minimum Gasteiger partial charge on any atom is -0.496 e. The Morgan fingerprint density at radius 2 is 1.95 bits per heavy atom. The van der Waals surface area contributed by atoms with E-state index in [1.54, 1.807) is 13.4 Å². The van der Waals surface area contributed by atoms with Crippen LogP contribution in [0.25, 0.3) is 11.2 Å². The highest BCUT2D eigenvalue weighted by atomic mass is 35.5. The first-order valence-corrected chi connectivity index (χ1v) is 12.9. The molecule has 1 saturated heterocycles. The zero-order valence-corrected chi connectivity index (χ0v) is 21.7. The Hall–Kier alpha value is -3.17. The number of anilines is 1. The molecule has 4 rings (SSSR count). The van der Waals surface area contributed by atoms with Crippen molar-refractivity contribution in [2.45, 2.75) is 32.0 Å². The summed E-state index contributed by atoms with van der Waals surface area (Å²) < 4.78 is 62.6. The zero-order chi connectivity index (χ0) is 27.7. The molecular formula is C21H24ClF3N6O5S. The number of fused-ring (bicyclic) bond motifs is 1. The number of hydrogen-bond donors (Lipinski definition) is 3. The molecule has 202 valence electrons. The molecule has 1 fully saturated rings. The van der Waals surface area contributed by atoms with Gasteiger partial charge < -0.3 is 20.1 Å². The summed E-state index contributed by atoms with van der Waals surface area (Å²) in [6, 6.07) is 1.69. The number of carbonyl (C=O) groups is 1. The number of aromatic nitrogens is 4. The van der Waals surface area contributed by atoms with Crippen LogP contribution in [-0.4, -0.2) is 76.4 Å². The van der Waals surface area contributed by atoms with E-state index < -0.39 is 22.2 Å². The third-order valence-corrected chi connectivity index (χ3v) is 7.39. The molecular weight excluding hydrogens is 541 g/mol. The summed E-state index contributed by atoms with van der Waals surface area (Å²) in [5, 5.41) is 11.1. The average Bonchev–Trinajstić information content (AvgIpc) is 3.24. The fraction of sp³-hybridized carbons (Fsp3) is 0.429.